The van der Waals surface area contributed by atoms with Crippen LogP contribution in [0.1, 0.15) is 20.7 Å². The molecule has 0 bridgehead atoms. The van der Waals surface area contributed by atoms with E-state index in [1.807, 2.05) is 0 Å². The Morgan fingerprint density at radius 2 is 1.83 bits per heavy atom. The van der Waals surface area contributed by atoms with Crippen molar-refractivity contribution in [2.24, 2.45) is 0 Å². The third-order valence-electron chi connectivity index (χ3n) is 3.27. The summed E-state index contributed by atoms with van der Waals surface area (Å²) >= 11 is 0. The summed E-state index contributed by atoms with van der Waals surface area (Å²) in [5.41, 5.74) is 0.716. The van der Waals surface area contributed by atoms with Crippen molar-refractivity contribution in [2.75, 3.05) is 14.1 Å². The highest BCUT2D eigenvalue weighted by atomic mass is 16.6. The van der Waals surface area contributed by atoms with Crippen LogP contribution in [-0.4, -0.2) is 40.9 Å². The van der Waals surface area contributed by atoms with Gasteiger partial charge in [-0.05, 0) is 23.8 Å². The minimum absolute atomic E-state index is 0.0648. The Kier molecular flexibility index (Phi) is 4.40. The van der Waals surface area contributed by atoms with E-state index in [1.165, 1.54) is 23.1 Å². The van der Waals surface area contributed by atoms with Gasteiger partial charge in [-0.15, -0.1) is 0 Å². The van der Waals surface area contributed by atoms with Crippen LogP contribution in [0.5, 0.6) is 0 Å². The van der Waals surface area contributed by atoms with Gasteiger partial charge in [-0.2, -0.15) is 0 Å². The number of carbonyl (C=O) groups is 2. The first kappa shape index (κ1) is 16.2. The first-order valence-corrected chi connectivity index (χ1v) is 6.65. The molecular formula is C16H14N2O5. The van der Waals surface area contributed by atoms with Crippen molar-refractivity contribution < 1.29 is 19.6 Å². The molecule has 0 spiro atoms. The van der Waals surface area contributed by atoms with Crippen molar-refractivity contribution in [3.05, 3.63) is 63.7 Å². The van der Waals surface area contributed by atoms with E-state index in [-0.39, 0.29) is 22.7 Å². The number of nitro benzene ring substituents is 1. The van der Waals surface area contributed by atoms with Crippen molar-refractivity contribution >= 4 is 17.6 Å². The Hall–Kier alpha value is -3.22. The molecule has 7 nitrogen and oxygen atoms in total. The van der Waals surface area contributed by atoms with E-state index < -0.39 is 10.9 Å². The number of carbonyl (C=O) groups excluding carboxylic acids is 1. The van der Waals surface area contributed by atoms with E-state index in [0.29, 0.717) is 11.1 Å². The SMILES string of the molecule is CN(C)C(=O)c1cccc(-c2cc([N+](=O)[O-])ccc2C(=O)O)c1. The molecule has 0 saturated carbocycles. The standard InChI is InChI=1S/C16H14N2O5/c1-17(2)15(19)11-5-3-4-10(8-11)14-9-12(18(22)23)6-7-13(14)16(20)21/h3-9H,1-2H3,(H,20,21). The number of nitro groups is 1. The van der Waals surface area contributed by atoms with Gasteiger partial charge in [-0.25, -0.2) is 4.79 Å². The molecule has 0 aliphatic carbocycles. The van der Waals surface area contributed by atoms with Crippen LogP contribution in [0.2, 0.25) is 0 Å². The molecule has 0 radical (unpaired) electrons. The summed E-state index contributed by atoms with van der Waals surface area (Å²) in [6.45, 7) is 0. The van der Waals surface area contributed by atoms with Gasteiger partial charge in [0.05, 0.1) is 10.5 Å². The van der Waals surface area contributed by atoms with E-state index in [0.717, 1.165) is 6.07 Å². The Balaban J connectivity index is 2.63. The van der Waals surface area contributed by atoms with Crippen LogP contribution in [0.15, 0.2) is 42.5 Å². The maximum Gasteiger partial charge on any atom is 0.336 e. The molecular weight excluding hydrogens is 300 g/mol. The largest absolute Gasteiger partial charge is 0.478 e. The Morgan fingerprint density at radius 3 is 2.39 bits per heavy atom. The molecule has 2 rings (SSSR count). The maximum atomic E-state index is 12.0. The highest BCUT2D eigenvalue weighted by molar-refractivity contribution is 5.99. The van der Waals surface area contributed by atoms with E-state index in [2.05, 4.69) is 0 Å². The highest BCUT2D eigenvalue weighted by Crippen LogP contribution is 2.29. The summed E-state index contributed by atoms with van der Waals surface area (Å²) < 4.78 is 0. The predicted octanol–water partition coefficient (Wildman–Crippen LogP) is 2.66. The Bertz CT molecular complexity index is 799. The molecule has 23 heavy (non-hydrogen) atoms. The summed E-state index contributed by atoms with van der Waals surface area (Å²) in [6.07, 6.45) is 0. The molecule has 0 aliphatic heterocycles. The number of carboxylic acids is 1. The number of non-ortho nitro benzene ring substituents is 1. The summed E-state index contributed by atoms with van der Waals surface area (Å²) in [7, 11) is 3.20. The lowest BCUT2D eigenvalue weighted by molar-refractivity contribution is -0.384. The number of hydrogen-bond acceptors (Lipinski definition) is 4. The lowest BCUT2D eigenvalue weighted by Crippen LogP contribution is -2.21. The summed E-state index contributed by atoms with van der Waals surface area (Å²) in [5.74, 6) is -1.44. The maximum absolute atomic E-state index is 12.0. The first-order valence-electron chi connectivity index (χ1n) is 6.65. The molecule has 7 heteroatoms. The average molecular weight is 314 g/mol. The molecule has 2 aromatic carbocycles. The Morgan fingerprint density at radius 1 is 1.13 bits per heavy atom. The van der Waals surface area contributed by atoms with Crippen LogP contribution in [-0.2, 0) is 0 Å². The van der Waals surface area contributed by atoms with Crippen molar-refractivity contribution in [3.8, 4) is 11.1 Å². The van der Waals surface area contributed by atoms with Crippen LogP contribution >= 0.6 is 0 Å². The molecule has 0 fully saturated rings. The normalized spacial score (nSPS) is 10.2. The van der Waals surface area contributed by atoms with Crippen LogP contribution in [0, 0.1) is 10.1 Å². The molecule has 2 aromatic rings. The Labute approximate surface area is 131 Å². The molecule has 0 atom stereocenters. The minimum atomic E-state index is -1.20. The fourth-order valence-corrected chi connectivity index (χ4v) is 2.15. The summed E-state index contributed by atoms with van der Waals surface area (Å²) in [4.78, 5) is 35.1. The monoisotopic (exact) mass is 314 g/mol. The van der Waals surface area contributed by atoms with E-state index in [4.69, 9.17) is 0 Å². The second kappa shape index (κ2) is 6.27. The summed E-state index contributed by atoms with van der Waals surface area (Å²) in [5, 5.41) is 20.2. The van der Waals surface area contributed by atoms with Gasteiger partial charge in [0.2, 0.25) is 0 Å². The minimum Gasteiger partial charge on any atom is -0.478 e. The van der Waals surface area contributed by atoms with E-state index in [9.17, 15) is 24.8 Å². The van der Waals surface area contributed by atoms with Crippen molar-refractivity contribution in [2.45, 2.75) is 0 Å². The molecule has 0 aliphatic rings. The lowest BCUT2D eigenvalue weighted by atomic mass is 9.97. The third kappa shape index (κ3) is 3.34. The number of hydrogen-bond donors (Lipinski definition) is 1. The van der Waals surface area contributed by atoms with Crippen LogP contribution in [0.4, 0.5) is 5.69 Å². The average Bonchev–Trinajstić information content (AvgIpc) is 2.53. The quantitative estimate of drug-likeness (QED) is 0.690. The first-order chi connectivity index (χ1) is 10.8. The topological polar surface area (TPSA) is 101 Å². The predicted molar refractivity (Wildman–Crippen MR) is 83.5 cm³/mol. The number of carboxylic acid groups (broad SMARTS) is 1. The van der Waals surface area contributed by atoms with Gasteiger partial charge in [0.1, 0.15) is 0 Å². The number of nitrogens with zero attached hydrogens (tertiary/aromatic N) is 2. The fourth-order valence-electron chi connectivity index (χ4n) is 2.15. The van der Waals surface area contributed by atoms with Crippen molar-refractivity contribution in [3.63, 3.8) is 0 Å². The van der Waals surface area contributed by atoms with Crippen LogP contribution in [0.3, 0.4) is 0 Å². The molecule has 0 heterocycles. The second-order valence-corrected chi connectivity index (χ2v) is 5.07. The molecule has 0 unspecified atom stereocenters. The summed E-state index contributed by atoms with van der Waals surface area (Å²) in [6, 6.07) is 9.87. The van der Waals surface area contributed by atoms with Gasteiger partial charge < -0.3 is 10.0 Å². The molecule has 118 valence electrons. The number of amides is 1. The van der Waals surface area contributed by atoms with Gasteiger partial charge in [0, 0.05) is 37.4 Å². The van der Waals surface area contributed by atoms with Crippen LogP contribution < -0.4 is 0 Å². The van der Waals surface area contributed by atoms with Gasteiger partial charge in [-0.3, -0.25) is 14.9 Å². The van der Waals surface area contributed by atoms with Gasteiger partial charge in [0.25, 0.3) is 11.6 Å². The van der Waals surface area contributed by atoms with Gasteiger partial charge in [0.15, 0.2) is 0 Å². The molecule has 0 saturated heterocycles. The third-order valence-corrected chi connectivity index (χ3v) is 3.27. The highest BCUT2D eigenvalue weighted by Gasteiger charge is 2.18. The van der Waals surface area contributed by atoms with Gasteiger partial charge in [-0.1, -0.05) is 12.1 Å². The molecule has 0 aromatic heterocycles. The van der Waals surface area contributed by atoms with E-state index in [1.54, 1.807) is 32.3 Å². The zero-order valence-electron chi connectivity index (χ0n) is 12.5. The zero-order chi connectivity index (χ0) is 17.1. The van der Waals surface area contributed by atoms with Crippen LogP contribution in [0.25, 0.3) is 11.1 Å². The lowest BCUT2D eigenvalue weighted by Gasteiger charge is -2.12. The molecule has 1 N–H and O–H groups in total. The smallest absolute Gasteiger partial charge is 0.336 e. The zero-order valence-corrected chi connectivity index (χ0v) is 12.5. The van der Waals surface area contributed by atoms with E-state index >= 15 is 0 Å². The fraction of sp³-hybridized carbons (Fsp3) is 0.125. The van der Waals surface area contributed by atoms with Crippen molar-refractivity contribution in [1.29, 1.82) is 0 Å². The number of rotatable bonds is 4. The number of benzene rings is 2. The van der Waals surface area contributed by atoms with Gasteiger partial charge >= 0.3 is 5.97 Å². The second-order valence-electron chi connectivity index (χ2n) is 5.07. The number of aromatic carboxylic acids is 1. The molecule has 1 amide bonds. The van der Waals surface area contributed by atoms with Crippen molar-refractivity contribution in [1.82, 2.24) is 4.90 Å².